The fraction of sp³-hybridized carbons (Fsp3) is 0.185. The number of H-pyrrole nitrogens is 1. The number of piperidine rings is 1. The van der Waals surface area contributed by atoms with Crippen molar-refractivity contribution in [3.63, 3.8) is 0 Å². The third-order valence-electron chi connectivity index (χ3n) is 6.10. The number of β-amino-alcohol motifs (C(OH)–C–C–N with tert-alkyl or cyclic N) is 1. The molecular weight excluding hydrogens is 454 g/mol. The van der Waals surface area contributed by atoms with Crippen LogP contribution in [0.2, 0.25) is 0 Å². The number of nitrogens with zero attached hydrogens (tertiary/aromatic N) is 5. The van der Waals surface area contributed by atoms with Crippen LogP contribution in [0.1, 0.15) is 12.8 Å². The Labute approximate surface area is 207 Å². The van der Waals surface area contributed by atoms with E-state index in [2.05, 4.69) is 30.2 Å². The van der Waals surface area contributed by atoms with Crippen molar-refractivity contribution in [2.24, 2.45) is 0 Å². The fourth-order valence-corrected chi connectivity index (χ4v) is 4.37. The first kappa shape index (κ1) is 22.0. The molecular formula is C27H25N7O2. The van der Waals surface area contributed by atoms with Gasteiger partial charge in [-0.25, -0.2) is 15.0 Å². The van der Waals surface area contributed by atoms with E-state index in [1.165, 1.54) is 0 Å². The van der Waals surface area contributed by atoms with Gasteiger partial charge in [0, 0.05) is 36.6 Å². The zero-order valence-corrected chi connectivity index (χ0v) is 19.5. The molecule has 0 amide bonds. The third kappa shape index (κ3) is 4.69. The van der Waals surface area contributed by atoms with E-state index in [1.54, 1.807) is 12.5 Å². The topological polar surface area (TPSA) is 112 Å². The SMILES string of the molecule is OC1CCCN(c2ccc(-c3nc(Nc4cccc(Oc5ccccc5)c4)nc4nc[nH]c34)cn2)C1. The van der Waals surface area contributed by atoms with E-state index < -0.39 is 0 Å². The Balaban J connectivity index is 1.27. The highest BCUT2D eigenvalue weighted by Gasteiger charge is 2.19. The molecule has 0 aliphatic carbocycles. The lowest BCUT2D eigenvalue weighted by molar-refractivity contribution is 0.154. The van der Waals surface area contributed by atoms with Crippen LogP contribution in [-0.4, -0.2) is 49.2 Å². The monoisotopic (exact) mass is 479 g/mol. The molecule has 0 radical (unpaired) electrons. The molecule has 0 spiro atoms. The van der Waals surface area contributed by atoms with Gasteiger partial charge in [0.1, 0.15) is 28.5 Å². The zero-order chi connectivity index (χ0) is 24.3. The third-order valence-corrected chi connectivity index (χ3v) is 6.10. The van der Waals surface area contributed by atoms with Gasteiger partial charge in [-0.15, -0.1) is 0 Å². The molecule has 5 aromatic rings. The van der Waals surface area contributed by atoms with Gasteiger partial charge in [-0.05, 0) is 49.2 Å². The van der Waals surface area contributed by atoms with Crippen LogP contribution in [0.5, 0.6) is 11.5 Å². The Morgan fingerprint density at radius 2 is 1.86 bits per heavy atom. The van der Waals surface area contributed by atoms with Crippen molar-refractivity contribution in [2.75, 3.05) is 23.3 Å². The maximum Gasteiger partial charge on any atom is 0.229 e. The second-order valence-corrected chi connectivity index (χ2v) is 8.71. The number of pyridine rings is 1. The number of aliphatic hydroxyl groups is 1. The molecule has 0 bridgehead atoms. The number of rotatable bonds is 6. The Morgan fingerprint density at radius 1 is 0.972 bits per heavy atom. The van der Waals surface area contributed by atoms with Crippen molar-refractivity contribution < 1.29 is 9.84 Å². The second kappa shape index (κ2) is 9.63. The molecule has 1 atom stereocenters. The minimum atomic E-state index is -0.308. The smallest absolute Gasteiger partial charge is 0.229 e. The highest BCUT2D eigenvalue weighted by Crippen LogP contribution is 2.29. The van der Waals surface area contributed by atoms with Crippen LogP contribution in [0.15, 0.2) is 79.3 Å². The average molecular weight is 480 g/mol. The average Bonchev–Trinajstić information content (AvgIpc) is 3.38. The summed E-state index contributed by atoms with van der Waals surface area (Å²) in [6.45, 7) is 1.49. The van der Waals surface area contributed by atoms with Gasteiger partial charge < -0.3 is 25.0 Å². The van der Waals surface area contributed by atoms with E-state index in [0.29, 0.717) is 29.6 Å². The highest BCUT2D eigenvalue weighted by molar-refractivity contribution is 5.88. The fourth-order valence-electron chi connectivity index (χ4n) is 4.37. The van der Waals surface area contributed by atoms with Gasteiger partial charge in [-0.1, -0.05) is 24.3 Å². The van der Waals surface area contributed by atoms with Crippen molar-refractivity contribution in [1.29, 1.82) is 0 Å². The molecule has 3 aromatic heterocycles. The van der Waals surface area contributed by atoms with Gasteiger partial charge in [-0.2, -0.15) is 4.98 Å². The van der Waals surface area contributed by atoms with Crippen LogP contribution in [0.25, 0.3) is 22.4 Å². The van der Waals surface area contributed by atoms with Crippen LogP contribution in [0, 0.1) is 0 Å². The lowest BCUT2D eigenvalue weighted by atomic mass is 10.1. The van der Waals surface area contributed by atoms with E-state index in [9.17, 15) is 5.11 Å². The summed E-state index contributed by atoms with van der Waals surface area (Å²) < 4.78 is 5.95. The van der Waals surface area contributed by atoms with Crippen molar-refractivity contribution in [3.05, 3.63) is 79.3 Å². The molecule has 180 valence electrons. The summed E-state index contributed by atoms with van der Waals surface area (Å²) in [6, 6.07) is 21.2. The number of imidazole rings is 1. The number of nitrogens with one attached hydrogen (secondary N) is 2. The van der Waals surface area contributed by atoms with Crippen LogP contribution in [-0.2, 0) is 0 Å². The normalized spacial score (nSPS) is 15.7. The van der Waals surface area contributed by atoms with E-state index in [1.807, 2.05) is 66.7 Å². The van der Waals surface area contributed by atoms with Crippen LogP contribution in [0.4, 0.5) is 17.5 Å². The number of aromatic nitrogens is 5. The summed E-state index contributed by atoms with van der Waals surface area (Å²) >= 11 is 0. The van der Waals surface area contributed by atoms with Gasteiger partial charge in [0.05, 0.1) is 12.4 Å². The van der Waals surface area contributed by atoms with Gasteiger partial charge in [0.15, 0.2) is 5.65 Å². The minimum absolute atomic E-state index is 0.308. The van der Waals surface area contributed by atoms with Crippen molar-refractivity contribution in [2.45, 2.75) is 18.9 Å². The first-order valence-corrected chi connectivity index (χ1v) is 11.9. The molecule has 2 aromatic carbocycles. The quantitative estimate of drug-likeness (QED) is 0.315. The molecule has 1 aliphatic heterocycles. The number of para-hydroxylation sites is 1. The number of hydrogen-bond donors (Lipinski definition) is 3. The maximum atomic E-state index is 10.00. The lowest BCUT2D eigenvalue weighted by Gasteiger charge is -2.31. The highest BCUT2D eigenvalue weighted by atomic mass is 16.5. The number of aromatic amines is 1. The van der Waals surface area contributed by atoms with Gasteiger partial charge in [0.2, 0.25) is 5.95 Å². The molecule has 36 heavy (non-hydrogen) atoms. The van der Waals surface area contributed by atoms with Crippen molar-refractivity contribution >= 4 is 28.6 Å². The van der Waals surface area contributed by atoms with Gasteiger partial charge in [-0.3, -0.25) is 0 Å². The molecule has 6 rings (SSSR count). The number of benzene rings is 2. The predicted octanol–water partition coefficient (Wildman–Crippen LogP) is 4.91. The first-order valence-electron chi connectivity index (χ1n) is 11.9. The molecule has 1 aliphatic rings. The number of aliphatic hydroxyl groups excluding tert-OH is 1. The molecule has 1 unspecified atom stereocenters. The van der Waals surface area contributed by atoms with Gasteiger partial charge in [0.25, 0.3) is 0 Å². The van der Waals surface area contributed by atoms with Crippen LogP contribution < -0.4 is 15.0 Å². The molecule has 3 N–H and O–H groups in total. The predicted molar refractivity (Wildman–Crippen MR) is 139 cm³/mol. The summed E-state index contributed by atoms with van der Waals surface area (Å²) in [7, 11) is 0. The molecule has 4 heterocycles. The van der Waals surface area contributed by atoms with E-state index in [-0.39, 0.29) is 6.10 Å². The Bertz CT molecular complexity index is 1470. The Hall–Kier alpha value is -4.50. The summed E-state index contributed by atoms with van der Waals surface area (Å²) in [4.78, 5) is 23.6. The summed E-state index contributed by atoms with van der Waals surface area (Å²) in [5, 5.41) is 13.3. The lowest BCUT2D eigenvalue weighted by Crippen LogP contribution is -2.38. The van der Waals surface area contributed by atoms with Crippen LogP contribution in [0.3, 0.4) is 0 Å². The number of fused-ring (bicyclic) bond motifs is 1. The standard InChI is InChI=1S/C27H25N7O2/c35-20-7-5-13-34(16-20)23-12-11-18(15-28-23)24-25-26(30-17-29-25)33-27(32-24)31-19-6-4-10-22(14-19)36-21-8-2-1-3-9-21/h1-4,6,8-12,14-15,17,20,35H,5,7,13,16H2,(H2,29,30,31,32,33). The van der Waals surface area contributed by atoms with E-state index >= 15 is 0 Å². The Morgan fingerprint density at radius 3 is 2.69 bits per heavy atom. The number of ether oxygens (including phenoxy) is 1. The van der Waals surface area contributed by atoms with Crippen molar-refractivity contribution in [1.82, 2.24) is 24.9 Å². The maximum absolute atomic E-state index is 10.00. The first-order chi connectivity index (χ1) is 17.7. The zero-order valence-electron chi connectivity index (χ0n) is 19.5. The molecule has 0 saturated carbocycles. The number of anilines is 3. The minimum Gasteiger partial charge on any atom is -0.457 e. The molecule has 1 fully saturated rings. The van der Waals surface area contributed by atoms with Gasteiger partial charge >= 0.3 is 0 Å². The molecule has 9 heteroatoms. The molecule has 9 nitrogen and oxygen atoms in total. The number of hydrogen-bond acceptors (Lipinski definition) is 8. The van der Waals surface area contributed by atoms with Crippen molar-refractivity contribution in [3.8, 4) is 22.8 Å². The largest absolute Gasteiger partial charge is 0.457 e. The summed E-state index contributed by atoms with van der Waals surface area (Å²) in [6.07, 6.45) is 4.90. The van der Waals surface area contributed by atoms with Crippen LogP contribution >= 0.6 is 0 Å². The summed E-state index contributed by atoms with van der Waals surface area (Å²) in [5.74, 6) is 2.74. The Kier molecular flexibility index (Phi) is 5.88. The second-order valence-electron chi connectivity index (χ2n) is 8.71. The van der Waals surface area contributed by atoms with E-state index in [4.69, 9.17) is 9.72 Å². The summed E-state index contributed by atoms with van der Waals surface area (Å²) in [5.41, 5.74) is 3.64. The van der Waals surface area contributed by atoms with E-state index in [0.717, 1.165) is 47.7 Å². The molecule has 1 saturated heterocycles.